The molecule has 0 bridgehead atoms. The molecular formula is C16H20F2N2O3. The number of nitrogens with zero attached hydrogens (tertiary/aromatic N) is 1. The van der Waals surface area contributed by atoms with E-state index in [0.29, 0.717) is 25.8 Å². The van der Waals surface area contributed by atoms with Crippen molar-refractivity contribution < 1.29 is 23.1 Å². The molecule has 1 aliphatic rings. The molecule has 1 aliphatic heterocycles. The SMILES string of the molecule is CCC1CN(C(=O)CCNC(=O)c2ccc(F)cc2F)CCO1. The highest BCUT2D eigenvalue weighted by Gasteiger charge is 2.22. The zero-order valence-electron chi connectivity index (χ0n) is 13.0. The van der Waals surface area contributed by atoms with Crippen LogP contribution in [0.25, 0.3) is 0 Å². The number of hydrogen-bond acceptors (Lipinski definition) is 3. The fraction of sp³-hybridized carbons (Fsp3) is 0.500. The van der Waals surface area contributed by atoms with Crippen molar-refractivity contribution in [2.75, 3.05) is 26.2 Å². The Kier molecular flexibility index (Phi) is 6.04. The van der Waals surface area contributed by atoms with E-state index in [2.05, 4.69) is 5.32 Å². The zero-order valence-corrected chi connectivity index (χ0v) is 13.0. The van der Waals surface area contributed by atoms with Crippen LogP contribution in [0.1, 0.15) is 30.1 Å². The van der Waals surface area contributed by atoms with Crippen LogP contribution in [-0.4, -0.2) is 49.1 Å². The summed E-state index contributed by atoms with van der Waals surface area (Å²) in [6.45, 7) is 3.70. The Hall–Kier alpha value is -2.02. The molecular weight excluding hydrogens is 306 g/mol. The first-order valence-corrected chi connectivity index (χ1v) is 7.64. The van der Waals surface area contributed by atoms with E-state index in [0.717, 1.165) is 18.6 Å². The van der Waals surface area contributed by atoms with Gasteiger partial charge in [0.2, 0.25) is 5.91 Å². The van der Waals surface area contributed by atoms with E-state index in [9.17, 15) is 18.4 Å². The van der Waals surface area contributed by atoms with Crippen molar-refractivity contribution in [3.05, 3.63) is 35.4 Å². The fourth-order valence-corrected chi connectivity index (χ4v) is 2.40. The molecule has 2 rings (SSSR count). The smallest absolute Gasteiger partial charge is 0.254 e. The van der Waals surface area contributed by atoms with Gasteiger partial charge in [0, 0.05) is 32.1 Å². The van der Waals surface area contributed by atoms with E-state index >= 15 is 0 Å². The second-order valence-electron chi connectivity index (χ2n) is 5.37. The number of hydrogen-bond donors (Lipinski definition) is 1. The van der Waals surface area contributed by atoms with Crippen molar-refractivity contribution in [3.8, 4) is 0 Å². The molecule has 1 aromatic carbocycles. The van der Waals surface area contributed by atoms with Gasteiger partial charge in [-0.3, -0.25) is 9.59 Å². The summed E-state index contributed by atoms with van der Waals surface area (Å²) in [6.07, 6.45) is 1.02. The first kappa shape index (κ1) is 17.3. The molecule has 1 heterocycles. The summed E-state index contributed by atoms with van der Waals surface area (Å²) in [6, 6.07) is 2.75. The molecule has 0 radical (unpaired) electrons. The predicted molar refractivity (Wildman–Crippen MR) is 79.9 cm³/mol. The van der Waals surface area contributed by atoms with Crippen LogP contribution in [0.4, 0.5) is 8.78 Å². The number of morpholine rings is 1. The Morgan fingerprint density at radius 2 is 2.17 bits per heavy atom. The first-order valence-electron chi connectivity index (χ1n) is 7.64. The van der Waals surface area contributed by atoms with Gasteiger partial charge >= 0.3 is 0 Å². The maximum absolute atomic E-state index is 13.5. The highest BCUT2D eigenvalue weighted by atomic mass is 19.1. The highest BCUT2D eigenvalue weighted by molar-refractivity contribution is 5.94. The lowest BCUT2D eigenvalue weighted by Gasteiger charge is -2.32. The largest absolute Gasteiger partial charge is 0.375 e. The standard InChI is InChI=1S/C16H20F2N2O3/c1-2-12-10-20(7-8-23-12)15(21)5-6-19-16(22)13-4-3-11(17)9-14(13)18/h3-4,9,12H,2,5-8,10H2,1H3,(H,19,22). The Morgan fingerprint density at radius 3 is 2.87 bits per heavy atom. The average Bonchev–Trinajstić information content (AvgIpc) is 2.54. The summed E-state index contributed by atoms with van der Waals surface area (Å²) in [5.74, 6) is -2.41. The van der Waals surface area contributed by atoms with Gasteiger partial charge in [0.05, 0.1) is 18.3 Å². The Balaban J connectivity index is 1.80. The molecule has 126 valence electrons. The van der Waals surface area contributed by atoms with E-state index in [1.807, 2.05) is 6.92 Å². The molecule has 0 aromatic heterocycles. The number of carbonyl (C=O) groups excluding carboxylic acids is 2. The van der Waals surface area contributed by atoms with Crippen molar-refractivity contribution >= 4 is 11.8 Å². The monoisotopic (exact) mass is 326 g/mol. The minimum Gasteiger partial charge on any atom is -0.375 e. The average molecular weight is 326 g/mol. The van der Waals surface area contributed by atoms with E-state index < -0.39 is 17.5 Å². The number of rotatable bonds is 5. The maximum Gasteiger partial charge on any atom is 0.254 e. The summed E-state index contributed by atoms with van der Waals surface area (Å²) in [7, 11) is 0. The lowest BCUT2D eigenvalue weighted by Crippen LogP contribution is -2.46. The van der Waals surface area contributed by atoms with Crippen molar-refractivity contribution in [2.45, 2.75) is 25.9 Å². The summed E-state index contributed by atoms with van der Waals surface area (Å²) < 4.78 is 31.8. The van der Waals surface area contributed by atoms with Gasteiger partial charge in [-0.25, -0.2) is 8.78 Å². The van der Waals surface area contributed by atoms with Crippen molar-refractivity contribution in [1.29, 1.82) is 0 Å². The zero-order chi connectivity index (χ0) is 16.8. The van der Waals surface area contributed by atoms with Crippen LogP contribution < -0.4 is 5.32 Å². The van der Waals surface area contributed by atoms with Crippen LogP contribution >= 0.6 is 0 Å². The van der Waals surface area contributed by atoms with Gasteiger partial charge in [0.15, 0.2) is 0 Å². The molecule has 0 aliphatic carbocycles. The minimum absolute atomic E-state index is 0.0515. The van der Waals surface area contributed by atoms with E-state index in [-0.39, 0.29) is 30.5 Å². The normalized spacial score (nSPS) is 17.9. The van der Waals surface area contributed by atoms with E-state index in [1.165, 1.54) is 0 Å². The van der Waals surface area contributed by atoms with Crippen LogP contribution in [0.3, 0.4) is 0 Å². The molecule has 1 aromatic rings. The molecule has 1 unspecified atom stereocenters. The molecule has 0 spiro atoms. The summed E-state index contributed by atoms with van der Waals surface area (Å²) in [4.78, 5) is 25.6. The van der Waals surface area contributed by atoms with Gasteiger partial charge in [-0.1, -0.05) is 6.92 Å². The topological polar surface area (TPSA) is 58.6 Å². The number of nitrogens with one attached hydrogen (secondary N) is 1. The summed E-state index contributed by atoms with van der Waals surface area (Å²) in [5, 5.41) is 2.47. The number of halogens is 2. The van der Waals surface area contributed by atoms with Crippen LogP contribution in [0.5, 0.6) is 0 Å². The van der Waals surface area contributed by atoms with Crippen molar-refractivity contribution in [1.82, 2.24) is 10.2 Å². The molecule has 23 heavy (non-hydrogen) atoms. The fourth-order valence-electron chi connectivity index (χ4n) is 2.40. The van der Waals surface area contributed by atoms with Gasteiger partial charge in [-0.2, -0.15) is 0 Å². The minimum atomic E-state index is -0.923. The first-order chi connectivity index (χ1) is 11.0. The summed E-state index contributed by atoms with van der Waals surface area (Å²) in [5.41, 5.74) is -0.240. The number of carbonyl (C=O) groups is 2. The number of benzene rings is 1. The van der Waals surface area contributed by atoms with Crippen molar-refractivity contribution in [2.24, 2.45) is 0 Å². The quantitative estimate of drug-likeness (QED) is 0.896. The molecule has 1 N–H and O–H groups in total. The Labute approximate surface area is 133 Å². The van der Waals surface area contributed by atoms with Crippen LogP contribution in [0.15, 0.2) is 18.2 Å². The summed E-state index contributed by atoms with van der Waals surface area (Å²) >= 11 is 0. The third-order valence-electron chi connectivity index (χ3n) is 3.75. The second-order valence-corrected chi connectivity index (χ2v) is 5.37. The Morgan fingerprint density at radius 1 is 1.39 bits per heavy atom. The Bertz CT molecular complexity index is 580. The van der Waals surface area contributed by atoms with Crippen LogP contribution in [0.2, 0.25) is 0 Å². The maximum atomic E-state index is 13.5. The second kappa shape index (κ2) is 8.01. The molecule has 5 nitrogen and oxygen atoms in total. The molecule has 0 saturated carbocycles. The third-order valence-corrected chi connectivity index (χ3v) is 3.75. The molecule has 1 fully saturated rings. The molecule has 2 amide bonds. The molecule has 1 atom stereocenters. The third kappa shape index (κ3) is 4.72. The van der Waals surface area contributed by atoms with Crippen LogP contribution in [-0.2, 0) is 9.53 Å². The van der Waals surface area contributed by atoms with Gasteiger partial charge < -0.3 is 15.0 Å². The van der Waals surface area contributed by atoms with Gasteiger partial charge in [0.25, 0.3) is 5.91 Å². The number of amides is 2. The molecule has 1 saturated heterocycles. The number of ether oxygens (including phenoxy) is 1. The van der Waals surface area contributed by atoms with E-state index in [1.54, 1.807) is 4.90 Å². The van der Waals surface area contributed by atoms with Gasteiger partial charge in [-0.05, 0) is 18.6 Å². The predicted octanol–water partition coefficient (Wildman–Crippen LogP) is 1.72. The van der Waals surface area contributed by atoms with Gasteiger partial charge in [-0.15, -0.1) is 0 Å². The lowest BCUT2D eigenvalue weighted by atomic mass is 10.2. The van der Waals surface area contributed by atoms with E-state index in [4.69, 9.17) is 4.74 Å². The van der Waals surface area contributed by atoms with Crippen molar-refractivity contribution in [3.63, 3.8) is 0 Å². The van der Waals surface area contributed by atoms with Crippen LogP contribution in [0, 0.1) is 11.6 Å². The van der Waals surface area contributed by atoms with Gasteiger partial charge in [0.1, 0.15) is 11.6 Å². The lowest BCUT2D eigenvalue weighted by molar-refractivity contribution is -0.138. The molecule has 7 heteroatoms. The highest BCUT2D eigenvalue weighted by Crippen LogP contribution is 2.10.